The van der Waals surface area contributed by atoms with Crippen molar-refractivity contribution in [1.29, 1.82) is 0 Å². The molecule has 2 aromatic rings. The van der Waals surface area contributed by atoms with Crippen LogP contribution in [0.3, 0.4) is 0 Å². The second kappa shape index (κ2) is 3.70. The van der Waals surface area contributed by atoms with E-state index in [9.17, 15) is 15.3 Å². The van der Waals surface area contributed by atoms with Gasteiger partial charge < -0.3 is 20.1 Å². The lowest BCUT2D eigenvalue weighted by Crippen LogP contribution is -2.31. The Morgan fingerprint density at radius 3 is 2.71 bits per heavy atom. The summed E-state index contributed by atoms with van der Waals surface area (Å²) in [6.45, 7) is 0. The summed E-state index contributed by atoms with van der Waals surface area (Å²) in [6.07, 6.45) is -0.648. The van der Waals surface area contributed by atoms with Gasteiger partial charge in [0.25, 0.3) is 0 Å². The third-order valence-electron chi connectivity index (χ3n) is 2.73. The van der Waals surface area contributed by atoms with Gasteiger partial charge in [-0.25, -0.2) is 15.0 Å². The first kappa shape index (κ1) is 10.5. The first-order valence-electron chi connectivity index (χ1n) is 5.00. The van der Waals surface area contributed by atoms with Crippen molar-refractivity contribution >= 4 is 11.2 Å². The lowest BCUT2D eigenvalue weighted by molar-refractivity contribution is -0.141. The van der Waals surface area contributed by atoms with Crippen LogP contribution < -0.4 is 0 Å². The highest BCUT2D eigenvalue weighted by molar-refractivity contribution is 5.68. The van der Waals surface area contributed by atoms with E-state index in [0.29, 0.717) is 11.2 Å². The van der Waals surface area contributed by atoms with Crippen LogP contribution in [0.15, 0.2) is 18.9 Å². The Labute approximate surface area is 95.1 Å². The number of hydrogen-bond donors (Lipinski definition) is 3. The Balaban J connectivity index is 2.05. The molecule has 0 radical (unpaired) electrons. The topological polar surface area (TPSA) is 114 Å². The summed E-state index contributed by atoms with van der Waals surface area (Å²) in [5.41, 5.74) is 1.00. The van der Waals surface area contributed by atoms with Gasteiger partial charge in [0.2, 0.25) is 0 Å². The van der Waals surface area contributed by atoms with E-state index in [4.69, 9.17) is 4.74 Å². The molecule has 0 amide bonds. The van der Waals surface area contributed by atoms with E-state index in [1.807, 2.05) is 0 Å². The van der Waals surface area contributed by atoms with Crippen molar-refractivity contribution in [2.45, 2.75) is 24.7 Å². The molecular weight excluding hydrogens is 228 g/mol. The molecule has 8 heteroatoms. The van der Waals surface area contributed by atoms with Crippen LogP contribution >= 0.6 is 0 Å². The van der Waals surface area contributed by atoms with Crippen molar-refractivity contribution in [3.63, 3.8) is 0 Å². The quantitative estimate of drug-likeness (QED) is 0.548. The van der Waals surface area contributed by atoms with Gasteiger partial charge in [-0.15, -0.1) is 0 Å². The van der Waals surface area contributed by atoms with Gasteiger partial charge in [-0.1, -0.05) is 0 Å². The van der Waals surface area contributed by atoms with Gasteiger partial charge in [-0.2, -0.15) is 0 Å². The molecule has 1 unspecified atom stereocenters. The zero-order valence-corrected chi connectivity index (χ0v) is 8.58. The van der Waals surface area contributed by atoms with Gasteiger partial charge in [0.1, 0.15) is 24.1 Å². The maximum absolute atomic E-state index is 9.73. The van der Waals surface area contributed by atoms with Gasteiger partial charge in [-0.3, -0.25) is 4.57 Å². The summed E-state index contributed by atoms with van der Waals surface area (Å²) in [7, 11) is 0. The number of hydrogen-bond acceptors (Lipinski definition) is 7. The number of rotatable bonds is 1. The van der Waals surface area contributed by atoms with E-state index in [0.717, 1.165) is 0 Å². The maximum atomic E-state index is 9.73. The first-order valence-corrected chi connectivity index (χ1v) is 5.00. The van der Waals surface area contributed by atoms with Crippen LogP contribution in [0.4, 0.5) is 0 Å². The van der Waals surface area contributed by atoms with Gasteiger partial charge in [-0.05, 0) is 0 Å². The van der Waals surface area contributed by atoms with E-state index >= 15 is 0 Å². The van der Waals surface area contributed by atoms with E-state index in [1.165, 1.54) is 23.4 Å². The largest absolute Gasteiger partial charge is 0.385 e. The van der Waals surface area contributed by atoms with Crippen molar-refractivity contribution in [3.05, 3.63) is 18.9 Å². The Bertz CT molecular complexity index is 545. The highest BCUT2D eigenvalue weighted by Gasteiger charge is 2.43. The van der Waals surface area contributed by atoms with Crippen LogP contribution in [0.25, 0.3) is 11.2 Å². The summed E-state index contributed by atoms with van der Waals surface area (Å²) in [4.78, 5) is 11.8. The number of imidazole rings is 1. The van der Waals surface area contributed by atoms with Gasteiger partial charge in [0.05, 0.1) is 12.5 Å². The molecule has 0 spiro atoms. The number of aromatic nitrogens is 4. The molecule has 1 fully saturated rings. The molecule has 0 bridgehead atoms. The van der Waals surface area contributed by atoms with Crippen LogP contribution in [-0.4, -0.2) is 53.3 Å². The van der Waals surface area contributed by atoms with Crippen LogP contribution in [-0.2, 0) is 4.74 Å². The highest BCUT2D eigenvalue weighted by atomic mass is 16.7. The molecule has 0 aromatic carbocycles. The smallest absolute Gasteiger partial charge is 0.186 e. The third kappa shape index (κ3) is 1.50. The average molecular weight is 238 g/mol. The molecule has 17 heavy (non-hydrogen) atoms. The fourth-order valence-corrected chi connectivity index (χ4v) is 1.84. The van der Waals surface area contributed by atoms with Gasteiger partial charge in [0, 0.05) is 0 Å². The second-order valence-corrected chi connectivity index (χ2v) is 3.78. The number of nitrogens with zero attached hydrogens (tertiary/aromatic N) is 4. The fourth-order valence-electron chi connectivity index (χ4n) is 1.84. The zero-order valence-electron chi connectivity index (χ0n) is 8.58. The van der Waals surface area contributed by atoms with Crippen molar-refractivity contribution in [3.8, 4) is 0 Å². The monoisotopic (exact) mass is 238 g/mol. The average Bonchev–Trinajstić information content (AvgIpc) is 2.86. The Morgan fingerprint density at radius 2 is 2.00 bits per heavy atom. The number of fused-ring (bicyclic) bond motifs is 1. The maximum Gasteiger partial charge on any atom is 0.186 e. The third-order valence-corrected chi connectivity index (χ3v) is 2.73. The summed E-state index contributed by atoms with van der Waals surface area (Å²) < 4.78 is 6.50. The molecule has 3 N–H and O–H groups in total. The van der Waals surface area contributed by atoms with Crippen molar-refractivity contribution in [1.82, 2.24) is 19.5 Å². The van der Waals surface area contributed by atoms with Gasteiger partial charge in [0.15, 0.2) is 18.2 Å². The Hall–Kier alpha value is -1.61. The molecule has 0 saturated carbocycles. The SMILES string of the molecule is O[C@@H]1[C@H](O)C(n2cnc3cncnc32)O[C@@H]1O. The lowest BCUT2D eigenvalue weighted by atomic mass is 10.2. The molecule has 1 saturated heterocycles. The molecule has 2 aromatic heterocycles. The van der Waals surface area contributed by atoms with E-state index in [1.54, 1.807) is 0 Å². The minimum Gasteiger partial charge on any atom is -0.385 e. The summed E-state index contributed by atoms with van der Waals surface area (Å²) in [5.74, 6) is 0. The van der Waals surface area contributed by atoms with Crippen LogP contribution in [0.5, 0.6) is 0 Å². The Morgan fingerprint density at radius 1 is 1.18 bits per heavy atom. The molecule has 1 aliphatic rings. The van der Waals surface area contributed by atoms with Crippen molar-refractivity contribution in [2.24, 2.45) is 0 Å². The molecule has 8 nitrogen and oxygen atoms in total. The molecule has 3 heterocycles. The number of aliphatic hydroxyl groups excluding tert-OH is 3. The highest BCUT2D eigenvalue weighted by Crippen LogP contribution is 2.29. The van der Waals surface area contributed by atoms with Crippen LogP contribution in [0, 0.1) is 0 Å². The molecule has 3 rings (SSSR count). The minimum absolute atomic E-state index is 0.463. The van der Waals surface area contributed by atoms with Crippen LogP contribution in [0.1, 0.15) is 6.23 Å². The lowest BCUT2D eigenvalue weighted by Gasteiger charge is -2.15. The van der Waals surface area contributed by atoms with E-state index < -0.39 is 24.7 Å². The molecule has 90 valence electrons. The first-order chi connectivity index (χ1) is 8.18. The predicted molar refractivity (Wildman–Crippen MR) is 53.5 cm³/mol. The fraction of sp³-hybridized carbons (Fsp3) is 0.444. The zero-order chi connectivity index (χ0) is 12.0. The van der Waals surface area contributed by atoms with E-state index in [-0.39, 0.29) is 0 Å². The second-order valence-electron chi connectivity index (χ2n) is 3.78. The standard InChI is InChI=1S/C9H10N4O4/c14-5-6(15)9(16)17-8(5)13-3-12-4-1-10-2-11-7(4)13/h1-3,5-6,8-9,14-16H/t5-,6+,8?,9-/m0/s1. The van der Waals surface area contributed by atoms with Crippen molar-refractivity contribution < 1.29 is 20.1 Å². The predicted octanol–water partition coefficient (Wildman–Crippen LogP) is -1.60. The normalized spacial score (nSPS) is 33.4. The molecule has 1 aliphatic heterocycles. The van der Waals surface area contributed by atoms with Gasteiger partial charge >= 0.3 is 0 Å². The summed E-state index contributed by atoms with van der Waals surface area (Å²) >= 11 is 0. The number of ether oxygens (including phenoxy) is 1. The molecule has 4 atom stereocenters. The number of aliphatic hydroxyl groups is 3. The molecule has 0 aliphatic carbocycles. The van der Waals surface area contributed by atoms with E-state index in [2.05, 4.69) is 15.0 Å². The molecular formula is C9H10N4O4. The van der Waals surface area contributed by atoms with Crippen molar-refractivity contribution in [2.75, 3.05) is 0 Å². The summed E-state index contributed by atoms with van der Waals surface area (Å²) in [6, 6.07) is 0. The van der Waals surface area contributed by atoms with Crippen LogP contribution in [0.2, 0.25) is 0 Å². The summed E-state index contributed by atoms with van der Waals surface area (Å²) in [5, 5.41) is 28.5. The Kier molecular flexibility index (Phi) is 2.30. The minimum atomic E-state index is -1.42.